The number of amides is 2. The summed E-state index contributed by atoms with van der Waals surface area (Å²) in [5.74, 6) is -0.147. The van der Waals surface area contributed by atoms with Crippen LogP contribution in [0.1, 0.15) is 23.1 Å². The topological polar surface area (TPSA) is 62.7 Å². The number of pyridine rings is 1. The summed E-state index contributed by atoms with van der Waals surface area (Å²) in [5, 5.41) is 0. The average Bonchev–Trinajstić information content (AvgIpc) is 3.07. The Kier molecular flexibility index (Phi) is 4.79. The van der Waals surface area contributed by atoms with Gasteiger partial charge in [-0.3, -0.25) is 9.59 Å². The van der Waals surface area contributed by atoms with Crippen molar-refractivity contribution in [2.24, 2.45) is 5.92 Å². The number of rotatable bonds is 4. The first kappa shape index (κ1) is 17.5. The molecule has 0 spiro atoms. The summed E-state index contributed by atoms with van der Waals surface area (Å²) in [7, 11) is 1.59. The van der Waals surface area contributed by atoms with Crippen LogP contribution in [0.15, 0.2) is 42.6 Å². The molecule has 1 unspecified atom stereocenters. The maximum absolute atomic E-state index is 13.0. The van der Waals surface area contributed by atoms with Gasteiger partial charge in [0.2, 0.25) is 17.7 Å². The van der Waals surface area contributed by atoms with Crippen LogP contribution in [0.3, 0.4) is 0 Å². The van der Waals surface area contributed by atoms with E-state index >= 15 is 0 Å². The molecule has 2 aliphatic heterocycles. The van der Waals surface area contributed by atoms with E-state index in [1.165, 1.54) is 0 Å². The van der Waals surface area contributed by atoms with Gasteiger partial charge in [-0.1, -0.05) is 30.3 Å². The van der Waals surface area contributed by atoms with Crippen LogP contribution in [0.4, 0.5) is 0 Å². The van der Waals surface area contributed by atoms with Crippen molar-refractivity contribution in [1.82, 2.24) is 14.8 Å². The molecule has 6 heteroatoms. The molecule has 0 radical (unpaired) electrons. The standard InChI is InChI=1S/C21H23N3O3/c1-27-19-18-14-24(11-8-16(18)7-10-22-19)21(26)17-9-12-23(20(17)25)13-15-5-3-2-4-6-15/h2-7,10,17H,8-9,11-14H2,1H3. The highest BCUT2D eigenvalue weighted by molar-refractivity contribution is 6.01. The normalized spacial score (nSPS) is 19.1. The Morgan fingerprint density at radius 1 is 1.22 bits per heavy atom. The number of aromatic nitrogens is 1. The van der Waals surface area contributed by atoms with Crippen LogP contribution in [-0.2, 0) is 29.1 Å². The van der Waals surface area contributed by atoms with Gasteiger partial charge < -0.3 is 14.5 Å². The summed E-state index contributed by atoms with van der Waals surface area (Å²) < 4.78 is 5.35. The number of benzene rings is 1. The molecular weight excluding hydrogens is 342 g/mol. The fraction of sp³-hybridized carbons (Fsp3) is 0.381. The van der Waals surface area contributed by atoms with Gasteiger partial charge in [0.1, 0.15) is 5.92 Å². The summed E-state index contributed by atoms with van der Waals surface area (Å²) in [5.41, 5.74) is 3.20. The number of hydrogen-bond donors (Lipinski definition) is 0. The van der Waals surface area contributed by atoms with Gasteiger partial charge in [-0.2, -0.15) is 0 Å². The van der Waals surface area contributed by atoms with E-state index < -0.39 is 5.92 Å². The number of likely N-dealkylation sites (tertiary alicyclic amines) is 1. The molecule has 1 atom stereocenters. The third kappa shape index (κ3) is 3.39. The first-order valence-electron chi connectivity index (χ1n) is 9.29. The molecule has 0 aliphatic carbocycles. The highest BCUT2D eigenvalue weighted by Gasteiger charge is 2.40. The fourth-order valence-corrected chi connectivity index (χ4v) is 3.95. The minimum atomic E-state index is -0.571. The van der Waals surface area contributed by atoms with Crippen LogP contribution in [0, 0.1) is 5.92 Å². The number of methoxy groups -OCH3 is 1. The van der Waals surface area contributed by atoms with Gasteiger partial charge in [-0.15, -0.1) is 0 Å². The second kappa shape index (κ2) is 7.39. The summed E-state index contributed by atoms with van der Waals surface area (Å²) in [6.07, 6.45) is 3.07. The van der Waals surface area contributed by atoms with Gasteiger partial charge in [-0.25, -0.2) is 4.98 Å². The Balaban J connectivity index is 1.45. The maximum atomic E-state index is 13.0. The number of ether oxygens (including phenoxy) is 1. The molecule has 6 nitrogen and oxygen atoms in total. The molecule has 2 amide bonds. The number of carbonyl (C=O) groups is 2. The summed E-state index contributed by atoms with van der Waals surface area (Å²) in [6, 6.07) is 11.9. The predicted molar refractivity (Wildman–Crippen MR) is 99.9 cm³/mol. The van der Waals surface area contributed by atoms with E-state index in [1.54, 1.807) is 23.1 Å². The molecule has 1 aromatic heterocycles. The van der Waals surface area contributed by atoms with Gasteiger partial charge in [0.05, 0.1) is 13.7 Å². The van der Waals surface area contributed by atoms with Crippen molar-refractivity contribution in [3.63, 3.8) is 0 Å². The highest BCUT2D eigenvalue weighted by atomic mass is 16.5. The molecule has 4 rings (SSSR count). The molecule has 0 bridgehead atoms. The molecule has 2 aliphatic rings. The SMILES string of the molecule is COc1nccc2c1CN(C(=O)C1CCN(Cc3ccccc3)C1=O)CC2. The Labute approximate surface area is 158 Å². The summed E-state index contributed by atoms with van der Waals surface area (Å²) in [4.78, 5) is 33.6. The smallest absolute Gasteiger partial charge is 0.235 e. The first-order chi connectivity index (χ1) is 13.2. The molecule has 3 heterocycles. The second-order valence-electron chi connectivity index (χ2n) is 7.05. The van der Waals surface area contributed by atoms with Crippen LogP contribution in [0.2, 0.25) is 0 Å². The lowest BCUT2D eigenvalue weighted by Gasteiger charge is -2.31. The molecule has 1 aromatic carbocycles. The third-order valence-electron chi connectivity index (χ3n) is 5.43. The first-order valence-corrected chi connectivity index (χ1v) is 9.29. The Morgan fingerprint density at radius 3 is 2.81 bits per heavy atom. The van der Waals surface area contributed by atoms with Crippen molar-refractivity contribution in [2.45, 2.75) is 25.9 Å². The predicted octanol–water partition coefficient (Wildman–Crippen LogP) is 2.02. The van der Waals surface area contributed by atoms with Crippen molar-refractivity contribution in [3.05, 3.63) is 59.3 Å². The van der Waals surface area contributed by atoms with E-state index in [4.69, 9.17) is 4.74 Å². The van der Waals surface area contributed by atoms with E-state index in [2.05, 4.69) is 4.98 Å². The van der Waals surface area contributed by atoms with Crippen molar-refractivity contribution >= 4 is 11.8 Å². The van der Waals surface area contributed by atoms with E-state index in [9.17, 15) is 9.59 Å². The van der Waals surface area contributed by atoms with E-state index in [-0.39, 0.29) is 11.8 Å². The molecule has 2 aromatic rings. The summed E-state index contributed by atoms with van der Waals surface area (Å²) in [6.45, 7) is 2.26. The molecule has 1 saturated heterocycles. The zero-order chi connectivity index (χ0) is 18.8. The Bertz CT molecular complexity index is 839. The average molecular weight is 365 g/mol. The van der Waals surface area contributed by atoms with Crippen molar-refractivity contribution in [2.75, 3.05) is 20.2 Å². The van der Waals surface area contributed by atoms with E-state index in [0.29, 0.717) is 38.5 Å². The lowest BCUT2D eigenvalue weighted by Crippen LogP contribution is -2.42. The summed E-state index contributed by atoms with van der Waals surface area (Å²) >= 11 is 0. The molecule has 140 valence electrons. The third-order valence-corrected chi connectivity index (χ3v) is 5.43. The van der Waals surface area contributed by atoms with Gasteiger partial charge in [0.25, 0.3) is 0 Å². The molecule has 27 heavy (non-hydrogen) atoms. The van der Waals surface area contributed by atoms with E-state index in [0.717, 1.165) is 23.1 Å². The van der Waals surface area contributed by atoms with Crippen LogP contribution >= 0.6 is 0 Å². The minimum Gasteiger partial charge on any atom is -0.481 e. The van der Waals surface area contributed by atoms with Crippen molar-refractivity contribution in [1.29, 1.82) is 0 Å². The molecule has 0 saturated carbocycles. The zero-order valence-corrected chi connectivity index (χ0v) is 15.4. The fourth-order valence-electron chi connectivity index (χ4n) is 3.95. The highest BCUT2D eigenvalue weighted by Crippen LogP contribution is 2.29. The monoisotopic (exact) mass is 365 g/mol. The largest absolute Gasteiger partial charge is 0.481 e. The van der Waals surface area contributed by atoms with Gasteiger partial charge in [0, 0.05) is 31.4 Å². The van der Waals surface area contributed by atoms with Crippen LogP contribution in [0.5, 0.6) is 5.88 Å². The van der Waals surface area contributed by atoms with Gasteiger partial charge in [0.15, 0.2) is 0 Å². The molecular formula is C21H23N3O3. The number of nitrogens with zero attached hydrogens (tertiary/aromatic N) is 3. The van der Waals surface area contributed by atoms with E-state index in [1.807, 2.05) is 36.4 Å². The Morgan fingerprint density at radius 2 is 2.04 bits per heavy atom. The lowest BCUT2D eigenvalue weighted by atomic mass is 9.99. The minimum absolute atomic E-state index is 0.0622. The lowest BCUT2D eigenvalue weighted by molar-refractivity contribution is -0.144. The molecule has 1 fully saturated rings. The van der Waals surface area contributed by atoms with Gasteiger partial charge in [-0.05, 0) is 30.0 Å². The maximum Gasteiger partial charge on any atom is 0.235 e. The number of hydrogen-bond acceptors (Lipinski definition) is 4. The molecule has 0 N–H and O–H groups in total. The quantitative estimate of drug-likeness (QED) is 0.778. The second-order valence-corrected chi connectivity index (χ2v) is 7.05. The number of fused-ring (bicyclic) bond motifs is 1. The zero-order valence-electron chi connectivity index (χ0n) is 15.4. The van der Waals surface area contributed by atoms with Crippen LogP contribution in [0.25, 0.3) is 0 Å². The van der Waals surface area contributed by atoms with Crippen LogP contribution in [-0.4, -0.2) is 46.8 Å². The van der Waals surface area contributed by atoms with Crippen LogP contribution < -0.4 is 4.74 Å². The number of carbonyl (C=O) groups excluding carboxylic acids is 2. The van der Waals surface area contributed by atoms with Crippen molar-refractivity contribution < 1.29 is 14.3 Å². The Hall–Kier alpha value is -2.89. The van der Waals surface area contributed by atoms with Crippen molar-refractivity contribution in [3.8, 4) is 5.88 Å². The van der Waals surface area contributed by atoms with Gasteiger partial charge >= 0.3 is 0 Å².